The van der Waals surface area contributed by atoms with E-state index in [1.54, 1.807) is 0 Å². The lowest BCUT2D eigenvalue weighted by atomic mass is 10.1. The third-order valence-corrected chi connectivity index (χ3v) is 2.67. The third kappa shape index (κ3) is 2.85. The van der Waals surface area contributed by atoms with Gasteiger partial charge in [-0.2, -0.15) is 0 Å². The van der Waals surface area contributed by atoms with Crippen molar-refractivity contribution in [1.82, 2.24) is 0 Å². The fraction of sp³-hybridized carbons (Fsp3) is 0.0714. The van der Waals surface area contributed by atoms with Crippen molar-refractivity contribution in [2.24, 2.45) is 0 Å². The van der Waals surface area contributed by atoms with Crippen LogP contribution in [-0.2, 0) is 0 Å². The van der Waals surface area contributed by atoms with Crippen LogP contribution in [0.5, 0.6) is 5.75 Å². The van der Waals surface area contributed by atoms with Crippen LogP contribution >= 0.6 is 0 Å². The van der Waals surface area contributed by atoms with E-state index in [4.69, 9.17) is 10.5 Å². The number of methoxy groups -OCH3 is 1. The van der Waals surface area contributed by atoms with E-state index in [1.807, 2.05) is 0 Å². The van der Waals surface area contributed by atoms with Crippen LogP contribution in [0, 0.1) is 11.6 Å². The van der Waals surface area contributed by atoms with E-state index in [1.165, 1.54) is 31.4 Å². The maximum Gasteiger partial charge on any atom is 0.255 e. The largest absolute Gasteiger partial charge is 0.495 e. The molecule has 0 saturated heterocycles. The average molecular weight is 278 g/mol. The average Bonchev–Trinajstić information content (AvgIpc) is 2.43. The van der Waals surface area contributed by atoms with Crippen molar-refractivity contribution < 1.29 is 18.3 Å². The van der Waals surface area contributed by atoms with Crippen LogP contribution in [-0.4, -0.2) is 13.0 Å². The van der Waals surface area contributed by atoms with Gasteiger partial charge in [-0.15, -0.1) is 0 Å². The summed E-state index contributed by atoms with van der Waals surface area (Å²) in [6.07, 6.45) is 0. The van der Waals surface area contributed by atoms with Crippen molar-refractivity contribution in [3.05, 3.63) is 53.6 Å². The maximum absolute atomic E-state index is 13.0. The molecule has 2 aromatic carbocycles. The molecular formula is C14H12F2N2O2. The first kappa shape index (κ1) is 13.8. The molecule has 0 unspecified atom stereocenters. The highest BCUT2D eigenvalue weighted by molar-refractivity contribution is 6.04. The van der Waals surface area contributed by atoms with Gasteiger partial charge in [0.2, 0.25) is 0 Å². The number of hydrogen-bond donors (Lipinski definition) is 2. The Balaban J connectivity index is 2.21. The molecule has 1 amide bonds. The Bertz CT molecular complexity index is 660. The lowest BCUT2D eigenvalue weighted by molar-refractivity contribution is 0.102. The molecule has 20 heavy (non-hydrogen) atoms. The molecule has 0 atom stereocenters. The summed E-state index contributed by atoms with van der Waals surface area (Å²) in [5, 5.41) is 2.46. The Morgan fingerprint density at radius 2 is 1.90 bits per heavy atom. The van der Waals surface area contributed by atoms with Crippen molar-refractivity contribution in [1.29, 1.82) is 0 Å². The highest BCUT2D eigenvalue weighted by Crippen LogP contribution is 2.23. The van der Waals surface area contributed by atoms with Gasteiger partial charge in [0.1, 0.15) is 5.75 Å². The number of halogens is 2. The predicted octanol–water partition coefficient (Wildman–Crippen LogP) is 2.81. The molecule has 0 aliphatic heterocycles. The number of carbonyl (C=O) groups is 1. The number of hydrogen-bond acceptors (Lipinski definition) is 3. The number of amides is 1. The van der Waals surface area contributed by atoms with Crippen LogP contribution in [0.3, 0.4) is 0 Å². The second-order valence-electron chi connectivity index (χ2n) is 4.04. The highest BCUT2D eigenvalue weighted by Gasteiger charge is 2.10. The summed E-state index contributed by atoms with van der Waals surface area (Å²) in [6.45, 7) is 0. The van der Waals surface area contributed by atoms with E-state index < -0.39 is 17.5 Å². The molecule has 0 bridgehead atoms. The predicted molar refractivity (Wildman–Crippen MR) is 71.7 cm³/mol. The number of rotatable bonds is 3. The van der Waals surface area contributed by atoms with Gasteiger partial charge in [-0.25, -0.2) is 8.78 Å². The van der Waals surface area contributed by atoms with Crippen LogP contribution in [0.4, 0.5) is 20.2 Å². The topological polar surface area (TPSA) is 64.3 Å². The molecular weight excluding hydrogens is 266 g/mol. The summed E-state index contributed by atoms with van der Waals surface area (Å²) in [5.74, 6) is -2.12. The molecule has 0 spiro atoms. The molecule has 104 valence electrons. The zero-order valence-corrected chi connectivity index (χ0v) is 10.6. The van der Waals surface area contributed by atoms with E-state index in [2.05, 4.69) is 5.32 Å². The molecule has 3 N–H and O–H groups in total. The monoisotopic (exact) mass is 278 g/mol. The molecule has 0 aliphatic carbocycles. The number of ether oxygens (including phenoxy) is 1. The highest BCUT2D eigenvalue weighted by atomic mass is 19.2. The smallest absolute Gasteiger partial charge is 0.255 e. The van der Waals surface area contributed by atoms with Gasteiger partial charge in [0.25, 0.3) is 5.91 Å². The minimum Gasteiger partial charge on any atom is -0.495 e. The molecule has 2 aromatic rings. The van der Waals surface area contributed by atoms with Crippen molar-refractivity contribution >= 4 is 17.3 Å². The van der Waals surface area contributed by atoms with Gasteiger partial charge in [-0.05, 0) is 30.3 Å². The van der Waals surface area contributed by atoms with Crippen LogP contribution in [0.1, 0.15) is 10.4 Å². The standard InChI is InChI=1S/C14H12F2N2O2/c1-20-13-6-8(2-5-12(13)17)14(19)18-9-3-4-10(15)11(16)7-9/h2-7H,17H2,1H3,(H,18,19). The van der Waals surface area contributed by atoms with Crippen LogP contribution in [0.25, 0.3) is 0 Å². The van der Waals surface area contributed by atoms with Gasteiger partial charge < -0.3 is 15.8 Å². The van der Waals surface area contributed by atoms with Crippen molar-refractivity contribution in [2.75, 3.05) is 18.2 Å². The molecule has 2 rings (SSSR count). The first-order chi connectivity index (χ1) is 9.51. The zero-order chi connectivity index (χ0) is 14.7. The lowest BCUT2D eigenvalue weighted by Crippen LogP contribution is -2.12. The van der Waals surface area contributed by atoms with Gasteiger partial charge in [-0.1, -0.05) is 0 Å². The first-order valence-corrected chi connectivity index (χ1v) is 5.71. The summed E-state index contributed by atoms with van der Waals surface area (Å²) < 4.78 is 30.8. The molecule has 6 heteroatoms. The molecule has 0 fully saturated rings. The number of nitrogens with two attached hydrogens (primary N) is 1. The number of anilines is 2. The normalized spacial score (nSPS) is 10.2. The molecule has 0 heterocycles. The molecule has 0 aromatic heterocycles. The van der Waals surface area contributed by atoms with Gasteiger partial charge in [0.15, 0.2) is 11.6 Å². The van der Waals surface area contributed by atoms with E-state index >= 15 is 0 Å². The molecule has 0 radical (unpaired) electrons. The van der Waals surface area contributed by atoms with E-state index in [-0.39, 0.29) is 5.69 Å². The Morgan fingerprint density at radius 1 is 1.15 bits per heavy atom. The summed E-state index contributed by atoms with van der Waals surface area (Å²) in [7, 11) is 1.43. The first-order valence-electron chi connectivity index (χ1n) is 5.71. The minimum atomic E-state index is -1.03. The van der Waals surface area contributed by atoms with Crippen molar-refractivity contribution in [2.45, 2.75) is 0 Å². The van der Waals surface area contributed by atoms with Crippen molar-refractivity contribution in [3.8, 4) is 5.75 Å². The summed E-state index contributed by atoms with van der Waals surface area (Å²) in [4.78, 5) is 12.0. The number of nitrogen functional groups attached to an aromatic ring is 1. The minimum absolute atomic E-state index is 0.157. The quantitative estimate of drug-likeness (QED) is 0.848. The number of carbonyl (C=O) groups excluding carboxylic acids is 1. The van der Waals surface area contributed by atoms with Gasteiger partial charge in [-0.3, -0.25) is 4.79 Å². The van der Waals surface area contributed by atoms with E-state index in [9.17, 15) is 13.6 Å². The van der Waals surface area contributed by atoms with Crippen LogP contribution in [0.15, 0.2) is 36.4 Å². The Hall–Kier alpha value is -2.63. The fourth-order valence-electron chi connectivity index (χ4n) is 1.63. The third-order valence-electron chi connectivity index (χ3n) is 2.67. The number of nitrogens with one attached hydrogen (secondary N) is 1. The molecule has 0 saturated carbocycles. The zero-order valence-electron chi connectivity index (χ0n) is 10.6. The Morgan fingerprint density at radius 3 is 2.55 bits per heavy atom. The van der Waals surface area contributed by atoms with Crippen LogP contribution in [0.2, 0.25) is 0 Å². The van der Waals surface area contributed by atoms with Crippen LogP contribution < -0.4 is 15.8 Å². The van der Waals surface area contributed by atoms with Gasteiger partial charge >= 0.3 is 0 Å². The summed E-state index contributed by atoms with van der Waals surface area (Å²) >= 11 is 0. The summed E-state index contributed by atoms with van der Waals surface area (Å²) in [5.41, 5.74) is 6.49. The molecule has 4 nitrogen and oxygen atoms in total. The van der Waals surface area contributed by atoms with Crippen molar-refractivity contribution in [3.63, 3.8) is 0 Å². The molecule has 0 aliphatic rings. The fourth-order valence-corrected chi connectivity index (χ4v) is 1.63. The van der Waals surface area contributed by atoms with Gasteiger partial charge in [0, 0.05) is 17.3 Å². The maximum atomic E-state index is 13.0. The second-order valence-corrected chi connectivity index (χ2v) is 4.04. The Labute approximate surface area is 114 Å². The SMILES string of the molecule is COc1cc(C(=O)Nc2ccc(F)c(F)c2)ccc1N. The summed E-state index contributed by atoms with van der Waals surface area (Å²) in [6, 6.07) is 7.61. The van der Waals surface area contributed by atoms with E-state index in [0.29, 0.717) is 17.0 Å². The Kier molecular flexibility index (Phi) is 3.84. The lowest BCUT2D eigenvalue weighted by Gasteiger charge is -2.08. The number of benzene rings is 2. The van der Waals surface area contributed by atoms with E-state index in [0.717, 1.165) is 12.1 Å². The second kappa shape index (κ2) is 5.56. The van der Waals surface area contributed by atoms with Gasteiger partial charge in [0.05, 0.1) is 12.8 Å².